The number of carbonyl (C=O) groups excluding carboxylic acids is 1. The van der Waals surface area contributed by atoms with Crippen LogP contribution in [-0.2, 0) is 4.79 Å². The smallest absolute Gasteiger partial charge is 0.269 e. The van der Waals surface area contributed by atoms with Crippen LogP contribution in [-0.4, -0.2) is 19.0 Å². The van der Waals surface area contributed by atoms with Gasteiger partial charge < -0.3 is 0 Å². The van der Waals surface area contributed by atoms with E-state index in [4.69, 9.17) is 81.2 Å². The van der Waals surface area contributed by atoms with E-state index in [2.05, 4.69) is 0 Å². The molecule has 1 aliphatic rings. The molecule has 1 saturated heterocycles. The van der Waals surface area contributed by atoms with Gasteiger partial charge in [0.05, 0.1) is 0 Å². The first-order valence-electron chi connectivity index (χ1n) is 4.77. The van der Waals surface area contributed by atoms with Crippen LogP contribution in [0.15, 0.2) is 24.3 Å². The zero-order valence-corrected chi connectivity index (χ0v) is 14.1. The molecule has 2 nitrogen and oxygen atoms in total. The average molecular weight is 402 g/mol. The van der Waals surface area contributed by atoms with Crippen molar-refractivity contribution in [2.24, 2.45) is 0 Å². The summed E-state index contributed by atoms with van der Waals surface area (Å²) in [6.45, 7) is 0. The molecule has 0 unspecified atom stereocenters. The number of halogens is 7. The Morgan fingerprint density at radius 3 is 2.00 bits per heavy atom. The van der Waals surface area contributed by atoms with E-state index >= 15 is 0 Å². The number of alkyl halides is 6. The minimum absolute atomic E-state index is 0.274. The highest BCUT2D eigenvalue weighted by atomic mass is 35.5. The number of hydrogen-bond acceptors (Lipinski definition) is 1. The molecule has 0 spiro atoms. The fourth-order valence-corrected chi connectivity index (χ4v) is 3.41. The van der Waals surface area contributed by atoms with Gasteiger partial charge in [0.1, 0.15) is 0 Å². The van der Waals surface area contributed by atoms with Gasteiger partial charge in [-0.15, -0.1) is 0 Å². The van der Waals surface area contributed by atoms with Crippen LogP contribution in [0.25, 0.3) is 0 Å². The SMILES string of the molecule is O=C1N(c2cccc(Cl)c2)C(Cl)(Cl)C(Cl)(Cl)C1(Cl)Cl. The first kappa shape index (κ1) is 16.1. The average Bonchev–Trinajstić information content (AvgIpc) is 2.36. The third kappa shape index (κ3) is 2.20. The summed E-state index contributed by atoms with van der Waals surface area (Å²) in [5.74, 6) is -0.840. The van der Waals surface area contributed by atoms with Gasteiger partial charge in [0.15, 0.2) is 0 Å². The number of rotatable bonds is 1. The van der Waals surface area contributed by atoms with Crippen molar-refractivity contribution in [3.8, 4) is 0 Å². The van der Waals surface area contributed by atoms with Crippen LogP contribution >= 0.6 is 81.2 Å². The van der Waals surface area contributed by atoms with Crippen molar-refractivity contribution < 1.29 is 4.79 Å². The van der Waals surface area contributed by atoms with Crippen LogP contribution in [0, 0.1) is 0 Å². The van der Waals surface area contributed by atoms with Crippen LogP contribution in [0.3, 0.4) is 0 Å². The highest BCUT2D eigenvalue weighted by Crippen LogP contribution is 2.62. The molecule has 1 heterocycles. The van der Waals surface area contributed by atoms with Crippen molar-refractivity contribution in [2.75, 3.05) is 4.90 Å². The number of carbonyl (C=O) groups is 1. The quantitative estimate of drug-likeness (QED) is 0.469. The summed E-state index contributed by atoms with van der Waals surface area (Å²) in [4.78, 5) is 13.2. The summed E-state index contributed by atoms with van der Waals surface area (Å²) in [6, 6.07) is 6.21. The molecule has 1 aromatic rings. The Balaban J connectivity index is 2.62. The molecule has 1 aromatic carbocycles. The number of nitrogens with zero attached hydrogens (tertiary/aromatic N) is 1. The minimum atomic E-state index is -2.19. The second-order valence-electron chi connectivity index (χ2n) is 3.81. The van der Waals surface area contributed by atoms with Crippen LogP contribution < -0.4 is 4.90 Å². The standard InChI is InChI=1S/C10H4Cl7NO/c11-5-2-1-3-6(4-5)18-7(19)8(12,13)9(14,15)10(18,16)17/h1-4H. The maximum atomic E-state index is 12.3. The summed E-state index contributed by atoms with van der Waals surface area (Å²) in [6.07, 6.45) is 0. The van der Waals surface area contributed by atoms with E-state index < -0.39 is 19.0 Å². The summed E-state index contributed by atoms with van der Waals surface area (Å²) < 4.78 is -6.38. The molecule has 0 saturated carbocycles. The third-order valence-corrected chi connectivity index (χ3v) is 6.51. The lowest BCUT2D eigenvalue weighted by Crippen LogP contribution is -2.46. The van der Waals surface area contributed by atoms with E-state index in [0.717, 1.165) is 4.90 Å². The minimum Gasteiger partial charge on any atom is -0.274 e. The molecule has 9 heteroatoms. The van der Waals surface area contributed by atoms with Crippen molar-refractivity contribution in [2.45, 2.75) is 13.1 Å². The summed E-state index contributed by atoms with van der Waals surface area (Å²) >= 11 is 41.7. The Labute approximate surface area is 144 Å². The number of amides is 1. The Bertz CT molecular complexity index is 542. The van der Waals surface area contributed by atoms with E-state index in [1.54, 1.807) is 18.2 Å². The lowest BCUT2D eigenvalue weighted by molar-refractivity contribution is -0.117. The van der Waals surface area contributed by atoms with E-state index in [1.807, 2.05) is 0 Å². The van der Waals surface area contributed by atoms with Gasteiger partial charge in [0, 0.05) is 10.7 Å². The van der Waals surface area contributed by atoms with Gasteiger partial charge in [0.25, 0.3) is 5.91 Å². The Hall–Kier alpha value is 0.720. The summed E-state index contributed by atoms with van der Waals surface area (Å²) in [5.41, 5.74) is 0.274. The third-order valence-electron chi connectivity index (χ3n) is 2.59. The molecule has 104 valence electrons. The molecule has 1 fully saturated rings. The molecule has 0 aliphatic carbocycles. The van der Waals surface area contributed by atoms with Crippen LogP contribution in [0.4, 0.5) is 5.69 Å². The normalized spacial score (nSPS) is 23.7. The second kappa shape index (κ2) is 4.88. The Kier molecular flexibility index (Phi) is 4.13. The van der Waals surface area contributed by atoms with Gasteiger partial charge in [-0.3, -0.25) is 9.69 Å². The van der Waals surface area contributed by atoms with Crippen molar-refractivity contribution in [3.63, 3.8) is 0 Å². The number of anilines is 1. The van der Waals surface area contributed by atoms with Crippen molar-refractivity contribution in [3.05, 3.63) is 29.3 Å². The van der Waals surface area contributed by atoms with E-state index in [-0.39, 0.29) is 5.69 Å². The maximum absolute atomic E-state index is 12.3. The zero-order chi connectivity index (χ0) is 14.6. The van der Waals surface area contributed by atoms with Gasteiger partial charge in [-0.05, 0) is 18.2 Å². The zero-order valence-electron chi connectivity index (χ0n) is 8.81. The summed E-state index contributed by atoms with van der Waals surface area (Å²) in [7, 11) is 0. The molecule has 19 heavy (non-hydrogen) atoms. The fourth-order valence-electron chi connectivity index (χ4n) is 1.63. The number of benzene rings is 1. The van der Waals surface area contributed by atoms with Gasteiger partial charge in [0.2, 0.25) is 13.1 Å². The van der Waals surface area contributed by atoms with Crippen molar-refractivity contribution >= 4 is 92.8 Å². The second-order valence-corrected chi connectivity index (χ2v) is 8.19. The van der Waals surface area contributed by atoms with Crippen LogP contribution in [0.2, 0.25) is 5.02 Å². The molecule has 1 amide bonds. The Morgan fingerprint density at radius 2 is 1.58 bits per heavy atom. The van der Waals surface area contributed by atoms with Crippen LogP contribution in [0.5, 0.6) is 0 Å². The molecule has 0 bridgehead atoms. The van der Waals surface area contributed by atoms with Crippen molar-refractivity contribution in [1.29, 1.82) is 0 Å². The van der Waals surface area contributed by atoms with E-state index in [1.165, 1.54) is 6.07 Å². The lowest BCUT2D eigenvalue weighted by atomic mass is 10.3. The van der Waals surface area contributed by atoms with E-state index in [0.29, 0.717) is 5.02 Å². The number of hydrogen-bond donors (Lipinski definition) is 0. The van der Waals surface area contributed by atoms with Crippen LogP contribution in [0.1, 0.15) is 0 Å². The highest BCUT2D eigenvalue weighted by Gasteiger charge is 2.75. The maximum Gasteiger partial charge on any atom is 0.269 e. The van der Waals surface area contributed by atoms with Gasteiger partial charge in [-0.1, -0.05) is 87.3 Å². The first-order valence-corrected chi connectivity index (χ1v) is 7.41. The predicted molar refractivity (Wildman–Crippen MR) is 82.2 cm³/mol. The fraction of sp³-hybridized carbons (Fsp3) is 0.300. The molecule has 0 aromatic heterocycles. The molecule has 0 atom stereocenters. The Morgan fingerprint density at radius 1 is 1.00 bits per heavy atom. The molecular formula is C10H4Cl7NO. The molecule has 1 aliphatic heterocycles. The predicted octanol–water partition coefficient (Wildman–Crippen LogP) is 5.17. The van der Waals surface area contributed by atoms with E-state index in [9.17, 15) is 4.79 Å². The highest BCUT2D eigenvalue weighted by molar-refractivity contribution is 6.77. The summed E-state index contributed by atoms with van der Waals surface area (Å²) in [5, 5.41) is 0.367. The molecule has 0 radical (unpaired) electrons. The van der Waals surface area contributed by atoms with Gasteiger partial charge in [-0.25, -0.2) is 0 Å². The lowest BCUT2D eigenvalue weighted by Gasteiger charge is -2.32. The molecule has 0 N–H and O–H groups in total. The molecular weight excluding hydrogens is 398 g/mol. The van der Waals surface area contributed by atoms with Crippen molar-refractivity contribution in [1.82, 2.24) is 0 Å². The topological polar surface area (TPSA) is 20.3 Å². The van der Waals surface area contributed by atoms with Gasteiger partial charge >= 0.3 is 0 Å². The molecule has 2 rings (SSSR count). The largest absolute Gasteiger partial charge is 0.274 e. The first-order chi connectivity index (χ1) is 8.53. The monoisotopic (exact) mass is 399 g/mol. The van der Waals surface area contributed by atoms with Gasteiger partial charge in [-0.2, -0.15) is 0 Å².